The number of nitrogens with one attached hydrogen (secondary N) is 1. The molecule has 33 heavy (non-hydrogen) atoms. The predicted octanol–water partition coefficient (Wildman–Crippen LogP) is 4.64. The van der Waals surface area contributed by atoms with E-state index in [0.717, 1.165) is 10.4 Å². The van der Waals surface area contributed by atoms with Crippen LogP contribution in [0.3, 0.4) is 0 Å². The van der Waals surface area contributed by atoms with Crippen LogP contribution in [0.4, 0.5) is 5.69 Å². The summed E-state index contributed by atoms with van der Waals surface area (Å²) in [5.74, 6) is 1.10. The van der Waals surface area contributed by atoms with Crippen LogP contribution in [-0.4, -0.2) is 35.2 Å². The van der Waals surface area contributed by atoms with E-state index in [-0.39, 0.29) is 28.0 Å². The van der Waals surface area contributed by atoms with Crippen molar-refractivity contribution in [1.29, 1.82) is 0 Å². The molecule has 4 rings (SSSR count). The quantitative estimate of drug-likeness (QED) is 0.468. The highest BCUT2D eigenvalue weighted by atomic mass is 32.2. The maximum absolute atomic E-state index is 13.3. The van der Waals surface area contributed by atoms with E-state index in [4.69, 9.17) is 14.2 Å². The monoisotopic (exact) mass is 485 g/mol. The van der Waals surface area contributed by atoms with Crippen molar-refractivity contribution in [2.24, 2.45) is 0 Å². The van der Waals surface area contributed by atoms with Gasteiger partial charge in [-0.15, -0.1) is 11.3 Å². The number of carbonyl (C=O) groups is 1. The number of fused-ring (bicyclic) bond motifs is 1. The summed E-state index contributed by atoms with van der Waals surface area (Å²) in [4.78, 5) is 13.6. The van der Waals surface area contributed by atoms with E-state index < -0.39 is 9.84 Å². The van der Waals surface area contributed by atoms with Crippen LogP contribution in [0.1, 0.15) is 22.8 Å². The topological polar surface area (TPSA) is 90.9 Å². The van der Waals surface area contributed by atoms with Crippen LogP contribution >= 0.6 is 11.3 Å². The Bertz CT molecular complexity index is 1290. The molecular formula is C24H23NO6S2. The van der Waals surface area contributed by atoms with Gasteiger partial charge in [0, 0.05) is 22.6 Å². The van der Waals surface area contributed by atoms with Crippen molar-refractivity contribution in [2.75, 3.05) is 26.1 Å². The van der Waals surface area contributed by atoms with Crippen molar-refractivity contribution in [3.05, 3.63) is 70.9 Å². The zero-order valence-corrected chi connectivity index (χ0v) is 19.8. The third-order valence-electron chi connectivity index (χ3n) is 5.36. The number of amides is 1. The van der Waals surface area contributed by atoms with Crippen molar-refractivity contribution in [3.8, 4) is 17.2 Å². The van der Waals surface area contributed by atoms with E-state index >= 15 is 0 Å². The molecule has 0 fully saturated rings. The van der Waals surface area contributed by atoms with E-state index in [0.29, 0.717) is 29.5 Å². The number of anilines is 1. The highest BCUT2D eigenvalue weighted by Gasteiger charge is 2.34. The lowest BCUT2D eigenvalue weighted by atomic mass is 9.90. The average Bonchev–Trinajstić information content (AvgIpc) is 3.26. The number of sulfone groups is 1. The molecule has 1 aliphatic heterocycles. The van der Waals surface area contributed by atoms with Gasteiger partial charge in [0.25, 0.3) is 0 Å². The fraction of sp³-hybridized carbons (Fsp3) is 0.208. The van der Waals surface area contributed by atoms with E-state index in [1.165, 1.54) is 30.6 Å². The smallest absolute Gasteiger partial charge is 0.225 e. The molecule has 1 amide bonds. The normalized spacial score (nSPS) is 15.3. The van der Waals surface area contributed by atoms with Gasteiger partial charge in [-0.05, 0) is 42.0 Å². The number of ether oxygens (including phenoxy) is 3. The molecule has 1 atom stereocenters. The number of hydrogen-bond donors (Lipinski definition) is 1. The fourth-order valence-corrected chi connectivity index (χ4v) is 6.63. The van der Waals surface area contributed by atoms with Gasteiger partial charge in [-0.3, -0.25) is 4.79 Å². The minimum atomic E-state index is -3.83. The highest BCUT2D eigenvalue weighted by molar-refractivity contribution is 7.91. The minimum Gasteiger partial charge on any atom is -0.497 e. The Morgan fingerprint density at radius 2 is 1.88 bits per heavy atom. The van der Waals surface area contributed by atoms with E-state index in [1.54, 1.807) is 36.8 Å². The molecule has 7 nitrogen and oxygen atoms in total. The lowest BCUT2D eigenvalue weighted by molar-refractivity contribution is -0.116. The van der Waals surface area contributed by atoms with Crippen molar-refractivity contribution in [3.63, 3.8) is 0 Å². The molecule has 1 N–H and O–H groups in total. The molecule has 2 heterocycles. The Morgan fingerprint density at radius 3 is 2.55 bits per heavy atom. The van der Waals surface area contributed by atoms with Gasteiger partial charge in [0.1, 0.15) is 17.3 Å². The fourth-order valence-electron chi connectivity index (χ4n) is 3.72. The van der Waals surface area contributed by atoms with Gasteiger partial charge >= 0.3 is 0 Å². The zero-order valence-electron chi connectivity index (χ0n) is 18.2. The standard InChI is InChI=1S/C24H23NO6S2/c1-4-11-31-19-10-5-15(12-20(19)30-3)18-13-22(26)25-23-21(14-32-24(18)23)33(27,28)17-8-6-16(29-2)7-9-17/h4-10,12,14,18H,1,11,13H2,2-3H3,(H,25,26)/t18-/m0/s1. The van der Waals surface area contributed by atoms with Crippen molar-refractivity contribution >= 4 is 32.8 Å². The molecule has 1 aliphatic rings. The Kier molecular flexibility index (Phi) is 6.44. The summed E-state index contributed by atoms with van der Waals surface area (Å²) in [6.07, 6.45) is 1.84. The lowest BCUT2D eigenvalue weighted by Gasteiger charge is -2.24. The summed E-state index contributed by atoms with van der Waals surface area (Å²) in [6.45, 7) is 3.98. The number of benzene rings is 2. The maximum Gasteiger partial charge on any atom is 0.225 e. The van der Waals surface area contributed by atoms with Crippen molar-refractivity contribution in [1.82, 2.24) is 0 Å². The number of rotatable bonds is 8. The number of thiophene rings is 1. The predicted molar refractivity (Wildman–Crippen MR) is 127 cm³/mol. The number of carbonyl (C=O) groups excluding carboxylic acids is 1. The van der Waals surface area contributed by atoms with E-state index in [9.17, 15) is 13.2 Å². The summed E-state index contributed by atoms with van der Waals surface area (Å²) in [7, 11) is -0.774. The molecule has 0 unspecified atom stereocenters. The van der Waals surface area contributed by atoms with Crippen LogP contribution in [0.25, 0.3) is 0 Å². The van der Waals surface area contributed by atoms with Gasteiger partial charge < -0.3 is 19.5 Å². The van der Waals surface area contributed by atoms with Gasteiger partial charge in [-0.25, -0.2) is 8.42 Å². The Hall–Kier alpha value is -3.30. The Balaban J connectivity index is 1.74. The third kappa shape index (κ3) is 4.34. The first-order valence-electron chi connectivity index (χ1n) is 10.1. The van der Waals surface area contributed by atoms with Crippen LogP contribution in [0, 0.1) is 0 Å². The minimum absolute atomic E-state index is 0.0867. The van der Waals surface area contributed by atoms with Crippen LogP contribution < -0.4 is 19.5 Å². The van der Waals surface area contributed by atoms with E-state index in [1.807, 2.05) is 12.1 Å². The Labute approximate surface area is 196 Å². The number of hydrogen-bond acceptors (Lipinski definition) is 7. The van der Waals surface area contributed by atoms with Crippen LogP contribution in [0.5, 0.6) is 17.2 Å². The largest absolute Gasteiger partial charge is 0.497 e. The lowest BCUT2D eigenvalue weighted by Crippen LogP contribution is -2.23. The maximum atomic E-state index is 13.3. The highest BCUT2D eigenvalue weighted by Crippen LogP contribution is 2.47. The molecule has 0 radical (unpaired) electrons. The van der Waals surface area contributed by atoms with Gasteiger partial charge in [-0.2, -0.15) is 0 Å². The van der Waals surface area contributed by atoms with Gasteiger partial charge in [0.2, 0.25) is 15.7 Å². The summed E-state index contributed by atoms with van der Waals surface area (Å²) in [5.41, 5.74) is 1.17. The molecule has 0 aliphatic carbocycles. The molecule has 0 bridgehead atoms. The van der Waals surface area contributed by atoms with E-state index in [2.05, 4.69) is 11.9 Å². The third-order valence-corrected chi connectivity index (χ3v) is 8.40. The Morgan fingerprint density at radius 1 is 1.12 bits per heavy atom. The van der Waals surface area contributed by atoms with Crippen LogP contribution in [0.15, 0.2) is 70.3 Å². The first-order valence-corrected chi connectivity index (χ1v) is 12.5. The second kappa shape index (κ2) is 9.29. The molecule has 0 spiro atoms. The average molecular weight is 486 g/mol. The van der Waals surface area contributed by atoms with Gasteiger partial charge in [-0.1, -0.05) is 18.7 Å². The first kappa shape index (κ1) is 22.9. The molecule has 0 saturated carbocycles. The summed E-state index contributed by atoms with van der Waals surface area (Å²) >= 11 is 1.31. The second-order valence-corrected chi connectivity index (χ2v) is 10.2. The van der Waals surface area contributed by atoms with Crippen molar-refractivity contribution in [2.45, 2.75) is 22.1 Å². The molecular weight excluding hydrogens is 462 g/mol. The summed E-state index contributed by atoms with van der Waals surface area (Å²) in [5, 5.41) is 4.36. The summed E-state index contributed by atoms with van der Waals surface area (Å²) in [6, 6.07) is 11.6. The molecule has 3 aromatic rings. The van der Waals surface area contributed by atoms with Crippen molar-refractivity contribution < 1.29 is 27.4 Å². The zero-order chi connectivity index (χ0) is 23.6. The van der Waals surface area contributed by atoms with Crippen LogP contribution in [-0.2, 0) is 14.6 Å². The molecule has 9 heteroatoms. The molecule has 0 saturated heterocycles. The SMILES string of the molecule is C=CCOc1ccc([C@@H]2CC(=O)Nc3c(S(=O)(=O)c4ccc(OC)cc4)csc32)cc1OC. The molecule has 1 aromatic heterocycles. The molecule has 172 valence electrons. The van der Waals surface area contributed by atoms with Gasteiger partial charge in [0.15, 0.2) is 11.5 Å². The molecule has 2 aromatic carbocycles. The van der Waals surface area contributed by atoms with Gasteiger partial charge in [0.05, 0.1) is 24.8 Å². The summed E-state index contributed by atoms with van der Waals surface area (Å²) < 4.78 is 42.9. The van der Waals surface area contributed by atoms with Crippen LogP contribution in [0.2, 0.25) is 0 Å². The first-order chi connectivity index (χ1) is 15.9. The number of methoxy groups -OCH3 is 2. The second-order valence-electron chi connectivity index (χ2n) is 7.33.